The Morgan fingerprint density at radius 1 is 1.10 bits per heavy atom. The summed E-state index contributed by atoms with van der Waals surface area (Å²) in [5.74, 6) is 1.04. The molecule has 2 aromatic rings. The molecule has 1 aliphatic heterocycles. The standard InChI is InChI=1S/C23H30N2O4/c1-17-5-4-6-19(13-17)20(25-9-11-28-12-10-25)15-24-23(26)16-29-21-8-7-18(2)14-22(21)27-3/h4-8,13-14,20H,9-12,15-16H2,1-3H3,(H,24,26). The number of carbonyl (C=O) groups is 1. The monoisotopic (exact) mass is 398 g/mol. The molecule has 6 heteroatoms. The normalized spacial score (nSPS) is 15.6. The molecule has 0 aromatic heterocycles. The van der Waals surface area contributed by atoms with Gasteiger partial charge in [-0.2, -0.15) is 0 Å². The Morgan fingerprint density at radius 3 is 2.59 bits per heavy atom. The number of rotatable bonds is 8. The van der Waals surface area contributed by atoms with E-state index in [1.165, 1.54) is 11.1 Å². The van der Waals surface area contributed by atoms with Crippen LogP contribution in [-0.4, -0.2) is 57.4 Å². The quantitative estimate of drug-likeness (QED) is 0.741. The number of methoxy groups -OCH3 is 1. The number of nitrogens with one attached hydrogen (secondary N) is 1. The van der Waals surface area contributed by atoms with Crippen molar-refractivity contribution in [3.8, 4) is 11.5 Å². The van der Waals surface area contributed by atoms with Crippen LogP contribution in [0.25, 0.3) is 0 Å². The topological polar surface area (TPSA) is 60.0 Å². The fourth-order valence-electron chi connectivity index (χ4n) is 3.52. The average Bonchev–Trinajstić information content (AvgIpc) is 2.73. The van der Waals surface area contributed by atoms with E-state index < -0.39 is 0 Å². The van der Waals surface area contributed by atoms with Crippen molar-refractivity contribution in [3.05, 3.63) is 59.2 Å². The number of hydrogen-bond donors (Lipinski definition) is 1. The Bertz CT molecular complexity index is 818. The first-order valence-electron chi connectivity index (χ1n) is 9.99. The summed E-state index contributed by atoms with van der Waals surface area (Å²) in [7, 11) is 1.59. The van der Waals surface area contributed by atoms with Gasteiger partial charge < -0.3 is 19.5 Å². The van der Waals surface area contributed by atoms with Gasteiger partial charge >= 0.3 is 0 Å². The fourth-order valence-corrected chi connectivity index (χ4v) is 3.52. The predicted octanol–water partition coefficient (Wildman–Crippen LogP) is 2.88. The molecule has 0 spiro atoms. The largest absolute Gasteiger partial charge is 0.493 e. The molecular formula is C23H30N2O4. The van der Waals surface area contributed by atoms with Crippen molar-refractivity contribution in [2.24, 2.45) is 0 Å². The van der Waals surface area contributed by atoms with E-state index in [-0.39, 0.29) is 18.6 Å². The molecule has 0 aliphatic carbocycles. The minimum Gasteiger partial charge on any atom is -0.493 e. The highest BCUT2D eigenvalue weighted by Crippen LogP contribution is 2.27. The second-order valence-electron chi connectivity index (χ2n) is 7.33. The first kappa shape index (κ1) is 21.1. The number of nitrogens with zero attached hydrogens (tertiary/aromatic N) is 1. The average molecular weight is 399 g/mol. The maximum atomic E-state index is 12.4. The van der Waals surface area contributed by atoms with Crippen LogP contribution in [0.2, 0.25) is 0 Å². The van der Waals surface area contributed by atoms with Crippen LogP contribution in [0.5, 0.6) is 11.5 Å². The molecule has 1 N–H and O–H groups in total. The summed E-state index contributed by atoms with van der Waals surface area (Å²) in [6.45, 7) is 7.67. The van der Waals surface area contributed by atoms with Crippen LogP contribution in [0.15, 0.2) is 42.5 Å². The van der Waals surface area contributed by atoms with Crippen LogP contribution in [0.3, 0.4) is 0 Å². The van der Waals surface area contributed by atoms with E-state index >= 15 is 0 Å². The molecule has 1 amide bonds. The van der Waals surface area contributed by atoms with Gasteiger partial charge in [0.25, 0.3) is 5.91 Å². The number of benzene rings is 2. The summed E-state index contributed by atoms with van der Waals surface area (Å²) < 4.78 is 16.5. The van der Waals surface area contributed by atoms with Crippen molar-refractivity contribution >= 4 is 5.91 Å². The Morgan fingerprint density at radius 2 is 1.86 bits per heavy atom. The molecule has 2 aromatic carbocycles. The van der Waals surface area contributed by atoms with Crippen LogP contribution in [0.1, 0.15) is 22.7 Å². The zero-order chi connectivity index (χ0) is 20.6. The number of aryl methyl sites for hydroxylation is 2. The van der Waals surface area contributed by atoms with Gasteiger partial charge in [0.15, 0.2) is 18.1 Å². The molecule has 3 rings (SSSR count). The van der Waals surface area contributed by atoms with Gasteiger partial charge in [0.05, 0.1) is 26.4 Å². The molecule has 6 nitrogen and oxygen atoms in total. The van der Waals surface area contributed by atoms with Gasteiger partial charge in [-0.15, -0.1) is 0 Å². The van der Waals surface area contributed by atoms with Gasteiger partial charge in [-0.1, -0.05) is 35.9 Å². The molecule has 1 aliphatic rings. The van der Waals surface area contributed by atoms with Crippen molar-refractivity contribution in [1.29, 1.82) is 0 Å². The summed E-state index contributed by atoms with van der Waals surface area (Å²) in [4.78, 5) is 14.8. The highest BCUT2D eigenvalue weighted by molar-refractivity contribution is 5.77. The van der Waals surface area contributed by atoms with Crippen molar-refractivity contribution in [2.45, 2.75) is 19.9 Å². The van der Waals surface area contributed by atoms with E-state index in [9.17, 15) is 4.79 Å². The number of morpholine rings is 1. The summed E-state index contributed by atoms with van der Waals surface area (Å²) >= 11 is 0. The lowest BCUT2D eigenvalue weighted by atomic mass is 10.0. The second kappa shape index (κ2) is 10.3. The minimum absolute atomic E-state index is 0.0525. The maximum Gasteiger partial charge on any atom is 0.258 e. The summed E-state index contributed by atoms with van der Waals surface area (Å²) in [5.41, 5.74) is 3.49. The molecule has 1 heterocycles. The van der Waals surface area contributed by atoms with Gasteiger partial charge in [0, 0.05) is 19.6 Å². The lowest BCUT2D eigenvalue weighted by Crippen LogP contribution is -2.44. The Hall–Kier alpha value is -2.57. The molecule has 156 valence electrons. The molecule has 0 radical (unpaired) electrons. The molecule has 1 fully saturated rings. The lowest BCUT2D eigenvalue weighted by molar-refractivity contribution is -0.123. The van der Waals surface area contributed by atoms with Gasteiger partial charge in [0.2, 0.25) is 0 Å². The summed E-state index contributed by atoms with van der Waals surface area (Å²) in [5, 5.41) is 3.03. The van der Waals surface area contributed by atoms with Crippen molar-refractivity contribution in [1.82, 2.24) is 10.2 Å². The number of carbonyl (C=O) groups excluding carboxylic acids is 1. The van der Waals surface area contributed by atoms with E-state index in [0.29, 0.717) is 31.3 Å². The van der Waals surface area contributed by atoms with Crippen molar-refractivity contribution < 1.29 is 19.0 Å². The molecule has 29 heavy (non-hydrogen) atoms. The highest BCUT2D eigenvalue weighted by atomic mass is 16.5. The fraction of sp³-hybridized carbons (Fsp3) is 0.435. The smallest absolute Gasteiger partial charge is 0.258 e. The SMILES string of the molecule is COc1cc(C)ccc1OCC(=O)NCC(c1cccc(C)c1)N1CCOCC1. The van der Waals surface area contributed by atoms with Gasteiger partial charge in [-0.3, -0.25) is 9.69 Å². The van der Waals surface area contributed by atoms with E-state index in [1.807, 2.05) is 25.1 Å². The first-order valence-corrected chi connectivity index (χ1v) is 9.99. The maximum absolute atomic E-state index is 12.4. The Kier molecular flexibility index (Phi) is 7.49. The van der Waals surface area contributed by atoms with Crippen molar-refractivity contribution in [2.75, 3.05) is 46.6 Å². The minimum atomic E-state index is -0.154. The molecule has 1 unspecified atom stereocenters. The van der Waals surface area contributed by atoms with E-state index in [4.69, 9.17) is 14.2 Å². The van der Waals surface area contributed by atoms with Crippen LogP contribution in [-0.2, 0) is 9.53 Å². The number of ether oxygens (including phenoxy) is 3. The van der Waals surface area contributed by atoms with Crippen LogP contribution < -0.4 is 14.8 Å². The first-order chi connectivity index (χ1) is 14.1. The third-order valence-corrected chi connectivity index (χ3v) is 5.08. The van der Waals surface area contributed by atoms with Crippen LogP contribution in [0, 0.1) is 13.8 Å². The Balaban J connectivity index is 1.60. The summed E-state index contributed by atoms with van der Waals surface area (Å²) in [6, 6.07) is 14.2. The second-order valence-corrected chi connectivity index (χ2v) is 7.33. The summed E-state index contributed by atoms with van der Waals surface area (Å²) in [6.07, 6.45) is 0. The van der Waals surface area contributed by atoms with Gasteiger partial charge in [-0.25, -0.2) is 0 Å². The van der Waals surface area contributed by atoms with E-state index in [2.05, 4.69) is 41.4 Å². The third kappa shape index (κ3) is 5.95. The zero-order valence-electron chi connectivity index (χ0n) is 17.4. The zero-order valence-corrected chi connectivity index (χ0v) is 17.4. The molecule has 0 saturated carbocycles. The molecule has 1 atom stereocenters. The number of amides is 1. The molecular weight excluding hydrogens is 368 g/mol. The van der Waals surface area contributed by atoms with Crippen LogP contribution >= 0.6 is 0 Å². The molecule has 1 saturated heterocycles. The predicted molar refractivity (Wildman–Crippen MR) is 113 cm³/mol. The Labute approximate surface area is 172 Å². The van der Waals surface area contributed by atoms with E-state index in [0.717, 1.165) is 18.7 Å². The van der Waals surface area contributed by atoms with Gasteiger partial charge in [-0.05, 0) is 37.1 Å². The number of hydrogen-bond acceptors (Lipinski definition) is 5. The molecule has 0 bridgehead atoms. The van der Waals surface area contributed by atoms with E-state index in [1.54, 1.807) is 7.11 Å². The lowest BCUT2D eigenvalue weighted by Gasteiger charge is -2.35. The van der Waals surface area contributed by atoms with Crippen LogP contribution in [0.4, 0.5) is 0 Å². The van der Waals surface area contributed by atoms with Gasteiger partial charge in [0.1, 0.15) is 0 Å². The van der Waals surface area contributed by atoms with Crippen molar-refractivity contribution in [3.63, 3.8) is 0 Å². The highest BCUT2D eigenvalue weighted by Gasteiger charge is 2.23. The third-order valence-electron chi connectivity index (χ3n) is 5.08.